The normalized spacial score (nSPS) is 13.4. The molecular weight excluding hydrogens is 230 g/mol. The molecule has 0 aliphatic carbocycles. The molecule has 0 saturated heterocycles. The molecule has 2 N–H and O–H groups in total. The molecule has 5 nitrogen and oxygen atoms in total. The lowest BCUT2D eigenvalue weighted by molar-refractivity contribution is -0.124. The smallest absolute Gasteiger partial charge is 0.221 e. The maximum absolute atomic E-state index is 11.8. The summed E-state index contributed by atoms with van der Waals surface area (Å²) in [4.78, 5) is 29.7. The molecule has 0 fully saturated rings. The summed E-state index contributed by atoms with van der Waals surface area (Å²) in [7, 11) is 0. The number of carbonyl (C=O) groups is 2. The van der Waals surface area contributed by atoms with Crippen LogP contribution in [0.1, 0.15) is 19.0 Å². The lowest BCUT2D eigenvalue weighted by Gasteiger charge is -2.26. The quantitative estimate of drug-likeness (QED) is 0.561. The third-order valence-electron chi connectivity index (χ3n) is 2.74. The van der Waals surface area contributed by atoms with Crippen molar-refractivity contribution in [3.8, 4) is 0 Å². The van der Waals surface area contributed by atoms with E-state index < -0.39 is 5.54 Å². The highest BCUT2D eigenvalue weighted by molar-refractivity contribution is 5.85. The fourth-order valence-corrected chi connectivity index (χ4v) is 1.47. The van der Waals surface area contributed by atoms with Crippen LogP contribution in [0.2, 0.25) is 0 Å². The first-order chi connectivity index (χ1) is 8.54. The van der Waals surface area contributed by atoms with Crippen LogP contribution >= 0.6 is 0 Å². The van der Waals surface area contributed by atoms with Gasteiger partial charge in [0.1, 0.15) is 5.54 Å². The van der Waals surface area contributed by atoms with Gasteiger partial charge in [-0.1, -0.05) is 19.2 Å². The predicted octanol–water partition coefficient (Wildman–Crippen LogP) is 1.16. The Morgan fingerprint density at radius 1 is 1.67 bits per heavy atom. The summed E-state index contributed by atoms with van der Waals surface area (Å²) in [5.74, 6) is -0.236. The lowest BCUT2D eigenvalue weighted by atomic mass is 9.93. The van der Waals surface area contributed by atoms with Gasteiger partial charge in [-0.3, -0.25) is 9.59 Å². The van der Waals surface area contributed by atoms with Gasteiger partial charge in [0.25, 0.3) is 0 Å². The van der Waals surface area contributed by atoms with E-state index in [1.165, 1.54) is 6.08 Å². The number of rotatable bonds is 7. The minimum atomic E-state index is -1.18. The average molecular weight is 247 g/mol. The van der Waals surface area contributed by atoms with Crippen LogP contribution in [0.4, 0.5) is 0 Å². The molecule has 1 rings (SSSR count). The van der Waals surface area contributed by atoms with Crippen LogP contribution < -0.4 is 5.32 Å². The Hall–Kier alpha value is -2.17. The van der Waals surface area contributed by atoms with Gasteiger partial charge in [-0.05, 0) is 18.9 Å². The highest BCUT2D eigenvalue weighted by Gasteiger charge is 2.28. The summed E-state index contributed by atoms with van der Waals surface area (Å²) in [6.45, 7) is 8.94. The minimum absolute atomic E-state index is 0.236. The van der Waals surface area contributed by atoms with Gasteiger partial charge < -0.3 is 10.3 Å². The summed E-state index contributed by atoms with van der Waals surface area (Å²) in [5.41, 5.74) is 0.226. The van der Waals surface area contributed by atoms with Crippen LogP contribution in [-0.2, 0) is 16.0 Å². The molecule has 18 heavy (non-hydrogen) atoms. The number of nitrogens with zero attached hydrogens (tertiary/aromatic N) is 1. The Labute approximate surface area is 106 Å². The van der Waals surface area contributed by atoms with Crippen LogP contribution in [0.15, 0.2) is 37.3 Å². The fourth-order valence-electron chi connectivity index (χ4n) is 1.47. The van der Waals surface area contributed by atoms with Crippen molar-refractivity contribution in [1.82, 2.24) is 15.3 Å². The van der Waals surface area contributed by atoms with Crippen LogP contribution in [-0.4, -0.2) is 27.7 Å². The summed E-state index contributed by atoms with van der Waals surface area (Å²) in [5, 5.41) is 2.63. The number of H-pyrrole nitrogens is 1. The molecule has 0 aliphatic heterocycles. The number of aryl methyl sites for hydroxylation is 1. The SMILES string of the molecule is C=CC(C=O)(NC(=O)CCc1cnc[nH]1)C(=C)C. The molecule has 0 aromatic carbocycles. The van der Waals surface area contributed by atoms with Crippen molar-refractivity contribution in [1.29, 1.82) is 0 Å². The molecular formula is C13H17N3O2. The minimum Gasteiger partial charge on any atom is -0.348 e. The molecule has 1 heterocycles. The number of imidazole rings is 1. The monoisotopic (exact) mass is 247 g/mol. The standard InChI is InChI=1S/C13H17N3O2/c1-4-13(8-17,10(2)3)16-12(18)6-5-11-7-14-9-15-11/h4,7-9H,1-2,5-6H2,3H3,(H,14,15)(H,16,18). The van der Waals surface area contributed by atoms with Gasteiger partial charge in [-0.25, -0.2) is 4.98 Å². The molecule has 1 amide bonds. The first-order valence-corrected chi connectivity index (χ1v) is 5.58. The molecule has 0 aliphatic rings. The maximum Gasteiger partial charge on any atom is 0.221 e. The molecule has 1 aromatic heterocycles. The van der Waals surface area contributed by atoms with E-state index in [1.807, 2.05) is 0 Å². The maximum atomic E-state index is 11.8. The van der Waals surface area contributed by atoms with E-state index in [1.54, 1.807) is 19.4 Å². The van der Waals surface area contributed by atoms with Crippen molar-refractivity contribution >= 4 is 12.2 Å². The molecule has 1 aromatic rings. The number of aromatic nitrogens is 2. The van der Waals surface area contributed by atoms with Crippen molar-refractivity contribution in [2.24, 2.45) is 0 Å². The summed E-state index contributed by atoms with van der Waals surface area (Å²) in [6.07, 6.45) is 6.03. The van der Waals surface area contributed by atoms with Gasteiger partial charge >= 0.3 is 0 Å². The summed E-state index contributed by atoms with van der Waals surface area (Å²) in [6, 6.07) is 0. The van der Waals surface area contributed by atoms with Gasteiger partial charge in [-0.2, -0.15) is 0 Å². The van der Waals surface area contributed by atoms with E-state index in [-0.39, 0.29) is 12.3 Å². The largest absolute Gasteiger partial charge is 0.348 e. The Morgan fingerprint density at radius 3 is 2.83 bits per heavy atom. The molecule has 5 heteroatoms. The van der Waals surface area contributed by atoms with Crippen LogP contribution in [0, 0.1) is 0 Å². The predicted molar refractivity (Wildman–Crippen MR) is 68.9 cm³/mol. The third-order valence-corrected chi connectivity index (χ3v) is 2.74. The zero-order chi connectivity index (χ0) is 13.6. The van der Waals surface area contributed by atoms with Crippen LogP contribution in [0.5, 0.6) is 0 Å². The zero-order valence-electron chi connectivity index (χ0n) is 10.4. The summed E-state index contributed by atoms with van der Waals surface area (Å²) < 4.78 is 0. The van der Waals surface area contributed by atoms with Crippen molar-refractivity contribution in [3.05, 3.63) is 43.0 Å². The van der Waals surface area contributed by atoms with E-state index in [4.69, 9.17) is 0 Å². The number of hydrogen-bond acceptors (Lipinski definition) is 3. The van der Waals surface area contributed by atoms with Crippen LogP contribution in [0.3, 0.4) is 0 Å². The van der Waals surface area contributed by atoms with Gasteiger partial charge in [0.15, 0.2) is 6.29 Å². The molecule has 96 valence electrons. The molecule has 0 bridgehead atoms. The number of aldehydes is 1. The number of hydrogen-bond donors (Lipinski definition) is 2. The Morgan fingerprint density at radius 2 is 2.39 bits per heavy atom. The lowest BCUT2D eigenvalue weighted by Crippen LogP contribution is -2.49. The second-order valence-corrected chi connectivity index (χ2v) is 4.10. The third kappa shape index (κ3) is 3.16. The Balaban J connectivity index is 2.59. The van der Waals surface area contributed by atoms with Crippen molar-refractivity contribution < 1.29 is 9.59 Å². The van der Waals surface area contributed by atoms with Gasteiger partial charge in [0.2, 0.25) is 5.91 Å². The van der Waals surface area contributed by atoms with Gasteiger partial charge in [-0.15, -0.1) is 0 Å². The van der Waals surface area contributed by atoms with Gasteiger partial charge in [0, 0.05) is 18.3 Å². The molecule has 1 unspecified atom stereocenters. The second kappa shape index (κ2) is 5.95. The Bertz CT molecular complexity index is 441. The Kier molecular flexibility index (Phi) is 4.59. The molecule has 0 saturated carbocycles. The van der Waals surface area contributed by atoms with E-state index in [0.29, 0.717) is 18.3 Å². The fraction of sp³-hybridized carbons (Fsp3) is 0.308. The van der Waals surface area contributed by atoms with E-state index in [9.17, 15) is 9.59 Å². The highest BCUT2D eigenvalue weighted by Crippen LogP contribution is 2.14. The molecule has 1 atom stereocenters. The first kappa shape index (κ1) is 13.9. The topological polar surface area (TPSA) is 74.8 Å². The van der Waals surface area contributed by atoms with Gasteiger partial charge in [0.05, 0.1) is 6.33 Å². The summed E-state index contributed by atoms with van der Waals surface area (Å²) >= 11 is 0. The second-order valence-electron chi connectivity index (χ2n) is 4.10. The molecule has 0 radical (unpaired) electrons. The average Bonchev–Trinajstić information content (AvgIpc) is 2.86. The van der Waals surface area contributed by atoms with Crippen molar-refractivity contribution in [3.63, 3.8) is 0 Å². The van der Waals surface area contributed by atoms with Crippen LogP contribution in [0.25, 0.3) is 0 Å². The number of aromatic amines is 1. The van der Waals surface area contributed by atoms with Crippen molar-refractivity contribution in [2.75, 3.05) is 0 Å². The first-order valence-electron chi connectivity index (χ1n) is 5.58. The number of nitrogens with one attached hydrogen (secondary N) is 2. The zero-order valence-corrected chi connectivity index (χ0v) is 10.4. The van der Waals surface area contributed by atoms with E-state index >= 15 is 0 Å². The number of amides is 1. The van der Waals surface area contributed by atoms with E-state index in [2.05, 4.69) is 28.4 Å². The number of carbonyl (C=O) groups excluding carboxylic acids is 2. The van der Waals surface area contributed by atoms with E-state index in [0.717, 1.165) is 5.69 Å². The van der Waals surface area contributed by atoms with Crippen molar-refractivity contribution in [2.45, 2.75) is 25.3 Å². The molecule has 0 spiro atoms. The highest BCUT2D eigenvalue weighted by atomic mass is 16.2.